The maximum atomic E-state index is 12.9. The molecule has 1 aliphatic heterocycles. The average Bonchev–Trinajstić information content (AvgIpc) is 3.65. The number of phosphoric ester groups is 2. The molecule has 0 bridgehead atoms. The number of nitrogens with two attached hydrogens (primary N) is 1. The summed E-state index contributed by atoms with van der Waals surface area (Å²) in [5.41, 5.74) is 4.56. The minimum atomic E-state index is -5.50. The molecule has 0 spiro atoms. The third-order valence-corrected chi connectivity index (χ3v) is 15.4. The lowest BCUT2D eigenvalue weighted by Crippen LogP contribution is -2.36. The van der Waals surface area contributed by atoms with E-state index in [0.717, 1.165) is 68.0 Å². The van der Waals surface area contributed by atoms with Gasteiger partial charge in [0.25, 0.3) is 0 Å². The zero-order chi connectivity index (χ0) is 56.2. The highest BCUT2D eigenvalue weighted by molar-refractivity contribution is 7.61. The summed E-state index contributed by atoms with van der Waals surface area (Å²) in [5, 5.41) is 51.6. The Labute approximate surface area is 449 Å². The molecule has 1 aliphatic rings. The molecule has 0 saturated carbocycles. The zero-order valence-corrected chi connectivity index (χ0v) is 46.8. The Bertz CT molecular complexity index is 2040. The highest BCUT2D eigenvalue weighted by atomic mass is 31.3. The van der Waals surface area contributed by atoms with Crippen molar-refractivity contribution in [3.8, 4) is 0 Å². The second kappa shape index (κ2) is 39.9. The van der Waals surface area contributed by atoms with Crippen LogP contribution < -0.4 is 11.4 Å². The van der Waals surface area contributed by atoms with Crippen molar-refractivity contribution in [3.05, 3.63) is 71.4 Å². The minimum absolute atomic E-state index is 0.0114. The number of carbonyl (C=O) groups excluding carboxylic acids is 2. The highest BCUT2D eigenvalue weighted by Gasteiger charge is 2.46. The summed E-state index contributed by atoms with van der Waals surface area (Å²) in [7, 11) is -11.0. The molecule has 0 aromatic carbocycles. The number of aromatic nitrogens is 2. The van der Waals surface area contributed by atoms with Crippen molar-refractivity contribution >= 4 is 33.4 Å². The molecule has 0 radical (unpaired) electrons. The Morgan fingerprint density at radius 1 is 0.724 bits per heavy atom. The van der Waals surface area contributed by atoms with Gasteiger partial charge in [-0.2, -0.15) is 9.29 Å². The van der Waals surface area contributed by atoms with Gasteiger partial charge in [0.1, 0.15) is 30.7 Å². The SMILES string of the molecule is CCCCC[C@@H](O)/C=C/C=C\C=C\C=C\[C@@H](O)[C@H](O)CCCC(=O)OC[C@H](COP(=O)(O)OP(=O)(O)OC[C@H]1O[C@@H](n2ccc(N)nc2=O)[C@H](O)[C@@H]1O)OC(=O)CCCCCCCCCCCCCCCCC(C)CC. The highest BCUT2D eigenvalue weighted by Crippen LogP contribution is 2.60. The third kappa shape index (κ3) is 31.9. The Balaban J connectivity index is 1.86. The number of hydrogen-bond donors (Lipinski definition) is 8. The molecule has 0 amide bonds. The molecular weight excluding hydrogens is 1030 g/mol. The second-order valence-corrected chi connectivity index (χ2v) is 22.6. The van der Waals surface area contributed by atoms with Gasteiger partial charge in [-0.05, 0) is 37.7 Å². The maximum absolute atomic E-state index is 12.9. The molecular formula is C53H91N3O18P2. The van der Waals surface area contributed by atoms with Gasteiger partial charge in [-0.3, -0.25) is 23.2 Å². The Morgan fingerprint density at radius 3 is 1.88 bits per heavy atom. The van der Waals surface area contributed by atoms with Gasteiger partial charge >= 0.3 is 33.3 Å². The van der Waals surface area contributed by atoms with Crippen LogP contribution in [0.3, 0.4) is 0 Å². The van der Waals surface area contributed by atoms with Crippen LogP contribution in [0.4, 0.5) is 5.82 Å². The minimum Gasteiger partial charge on any atom is -0.462 e. The fourth-order valence-corrected chi connectivity index (χ4v) is 10.1. The van der Waals surface area contributed by atoms with E-state index in [4.69, 9.17) is 29.0 Å². The van der Waals surface area contributed by atoms with E-state index in [0.29, 0.717) is 12.8 Å². The van der Waals surface area contributed by atoms with Gasteiger partial charge in [-0.15, -0.1) is 0 Å². The molecule has 21 nitrogen and oxygen atoms in total. The van der Waals surface area contributed by atoms with Crippen LogP contribution in [0.1, 0.15) is 181 Å². The zero-order valence-electron chi connectivity index (χ0n) is 45.0. The molecule has 1 aromatic rings. The molecule has 436 valence electrons. The van der Waals surface area contributed by atoms with Crippen LogP contribution in [0, 0.1) is 5.92 Å². The van der Waals surface area contributed by atoms with Crippen molar-refractivity contribution in [1.29, 1.82) is 0 Å². The van der Waals surface area contributed by atoms with E-state index in [1.807, 2.05) is 0 Å². The van der Waals surface area contributed by atoms with E-state index in [1.54, 1.807) is 42.5 Å². The van der Waals surface area contributed by atoms with Gasteiger partial charge in [0, 0.05) is 19.0 Å². The number of allylic oxidation sites excluding steroid dienone is 6. The Morgan fingerprint density at radius 2 is 1.28 bits per heavy atom. The number of esters is 2. The van der Waals surface area contributed by atoms with Crippen LogP contribution in [-0.4, -0.2) is 119 Å². The largest absolute Gasteiger partial charge is 0.481 e. The molecule has 11 atom stereocenters. The van der Waals surface area contributed by atoms with E-state index in [1.165, 1.54) is 76.4 Å². The Hall–Kier alpha value is -3.40. The van der Waals surface area contributed by atoms with Crippen LogP contribution in [0.5, 0.6) is 0 Å². The molecule has 9 N–H and O–H groups in total. The number of aliphatic hydroxyl groups excluding tert-OH is 5. The molecule has 1 saturated heterocycles. The number of ether oxygens (including phenoxy) is 3. The number of nitrogen functional groups attached to an aromatic ring is 1. The summed E-state index contributed by atoms with van der Waals surface area (Å²) in [6.07, 6.45) is 25.4. The van der Waals surface area contributed by atoms with Crippen LogP contribution in [0.2, 0.25) is 0 Å². The monoisotopic (exact) mass is 1120 g/mol. The standard InChI is InChI=1S/C53H91N3O18P2/c1-4-6-23-30-42(57)31-25-20-17-18-21-26-32-44(58)45(59)33-28-35-48(60)69-38-43(72-49(61)34-27-22-16-14-12-10-8-7-9-11-13-15-19-24-29-41(3)5-2)39-70-75(65,66)74-76(67,68)71-40-46-50(62)51(63)52(73-46)56-37-36-47(54)55-53(56)64/h17-18,20-21,25-26,31-32,36-37,41-46,50-52,57-59,62-63H,4-16,19,22-24,27-30,33-35,38-40H2,1-3H3,(H,65,66)(H,67,68)(H2,54,55,64)/b20-17-,21-18+,31-25+,32-26+/t41?,42-,43-,44-,45-,46-,50-,51-,52-/m1/s1. The van der Waals surface area contributed by atoms with Gasteiger partial charge in [-0.25, -0.2) is 13.9 Å². The molecule has 2 heterocycles. The molecule has 0 aliphatic carbocycles. The summed E-state index contributed by atoms with van der Waals surface area (Å²) >= 11 is 0. The van der Waals surface area contributed by atoms with Crippen LogP contribution >= 0.6 is 15.6 Å². The lowest BCUT2D eigenvalue weighted by Gasteiger charge is -2.21. The fourth-order valence-electron chi connectivity index (χ4n) is 8.03. The molecule has 1 fully saturated rings. The number of unbranched alkanes of at least 4 members (excludes halogenated alkanes) is 15. The van der Waals surface area contributed by atoms with Crippen molar-refractivity contribution in [2.45, 2.75) is 224 Å². The molecule has 1 aromatic heterocycles. The summed E-state index contributed by atoms with van der Waals surface area (Å²) in [6.45, 7) is 4.08. The maximum Gasteiger partial charge on any atom is 0.481 e. The summed E-state index contributed by atoms with van der Waals surface area (Å²) in [6, 6.07) is 1.23. The number of nitrogens with zero attached hydrogens (tertiary/aromatic N) is 2. The first-order chi connectivity index (χ1) is 36.3. The first-order valence-corrected chi connectivity index (χ1v) is 30.4. The smallest absolute Gasteiger partial charge is 0.462 e. The van der Waals surface area contributed by atoms with Crippen molar-refractivity contribution in [1.82, 2.24) is 9.55 Å². The molecule has 2 rings (SSSR count). The topological polar surface area (TPSA) is 326 Å². The van der Waals surface area contributed by atoms with Gasteiger partial charge in [-0.1, -0.05) is 185 Å². The Kier molecular flexibility index (Phi) is 36.1. The van der Waals surface area contributed by atoms with E-state index < -0.39 is 102 Å². The van der Waals surface area contributed by atoms with Gasteiger partial charge in [0.2, 0.25) is 0 Å². The van der Waals surface area contributed by atoms with Gasteiger partial charge in [0.05, 0.1) is 31.5 Å². The fraction of sp³-hybridized carbons (Fsp3) is 0.736. The van der Waals surface area contributed by atoms with Crippen molar-refractivity contribution in [2.75, 3.05) is 25.6 Å². The van der Waals surface area contributed by atoms with Crippen LogP contribution in [0.15, 0.2) is 65.7 Å². The number of anilines is 1. The lowest BCUT2D eigenvalue weighted by atomic mass is 9.99. The summed E-state index contributed by atoms with van der Waals surface area (Å²) < 4.78 is 56.6. The van der Waals surface area contributed by atoms with E-state index in [9.17, 15) is 58.8 Å². The quantitative estimate of drug-likeness (QED) is 0.0131. The van der Waals surface area contributed by atoms with E-state index >= 15 is 0 Å². The number of hydrogen-bond acceptors (Lipinski definition) is 18. The van der Waals surface area contributed by atoms with Crippen LogP contribution in [0.25, 0.3) is 0 Å². The first kappa shape index (κ1) is 68.7. The third-order valence-electron chi connectivity index (χ3n) is 12.8. The van der Waals surface area contributed by atoms with E-state index in [-0.39, 0.29) is 31.5 Å². The number of phosphoric acid groups is 2. The summed E-state index contributed by atoms with van der Waals surface area (Å²) in [4.78, 5) is 62.1. The second-order valence-electron chi connectivity index (χ2n) is 19.5. The molecule has 23 heteroatoms. The lowest BCUT2D eigenvalue weighted by molar-refractivity contribution is -0.161. The summed E-state index contributed by atoms with van der Waals surface area (Å²) in [5.74, 6) is -0.814. The average molecular weight is 1120 g/mol. The number of aliphatic hydroxyl groups is 5. The van der Waals surface area contributed by atoms with Crippen LogP contribution in [-0.2, 0) is 46.3 Å². The number of carbonyl (C=O) groups is 2. The van der Waals surface area contributed by atoms with Gasteiger partial charge < -0.3 is 55.3 Å². The first-order valence-electron chi connectivity index (χ1n) is 27.4. The van der Waals surface area contributed by atoms with E-state index in [2.05, 4.69) is 30.1 Å². The van der Waals surface area contributed by atoms with Crippen molar-refractivity contribution < 1.29 is 81.6 Å². The normalized spacial score (nSPS) is 20.8. The van der Waals surface area contributed by atoms with Crippen molar-refractivity contribution in [2.24, 2.45) is 5.92 Å². The van der Waals surface area contributed by atoms with Gasteiger partial charge in [0.15, 0.2) is 12.3 Å². The van der Waals surface area contributed by atoms with Crippen molar-refractivity contribution in [3.63, 3.8) is 0 Å². The molecule has 3 unspecified atom stereocenters. The predicted molar refractivity (Wildman–Crippen MR) is 288 cm³/mol. The predicted octanol–water partition coefficient (Wildman–Crippen LogP) is 8.50. The number of rotatable bonds is 44. The molecule has 76 heavy (non-hydrogen) atoms.